The lowest BCUT2D eigenvalue weighted by molar-refractivity contribution is -0.120. The molecule has 1 aliphatic heterocycles. The van der Waals surface area contributed by atoms with Crippen LogP contribution in [0.1, 0.15) is 6.42 Å². The molecule has 1 fully saturated rings. The highest BCUT2D eigenvalue weighted by Gasteiger charge is 2.30. The van der Waals surface area contributed by atoms with Gasteiger partial charge in [0.15, 0.2) is 0 Å². The molecule has 0 saturated carbocycles. The Labute approximate surface area is 109 Å². The van der Waals surface area contributed by atoms with E-state index in [1.165, 1.54) is 0 Å². The zero-order valence-corrected chi connectivity index (χ0v) is 11.9. The van der Waals surface area contributed by atoms with Crippen LogP contribution in [0.4, 0.5) is 4.79 Å². The molecule has 0 spiro atoms. The van der Waals surface area contributed by atoms with Gasteiger partial charge in [0.1, 0.15) is 11.8 Å². The van der Waals surface area contributed by atoms with Crippen LogP contribution in [0.15, 0.2) is 0 Å². The fourth-order valence-corrected chi connectivity index (χ4v) is 1.72. The Kier molecular flexibility index (Phi) is 7.21. The second kappa shape index (κ2) is 7.56. The van der Waals surface area contributed by atoms with Gasteiger partial charge in [-0.05, 0) is 10.9 Å². The molecule has 0 aromatic heterocycles. The van der Waals surface area contributed by atoms with Crippen molar-refractivity contribution in [1.29, 1.82) is 0 Å². The fraction of sp³-hybridized carbons (Fsp3) is 0.750. The maximum atomic E-state index is 11.0. The van der Waals surface area contributed by atoms with E-state index in [0.29, 0.717) is 10.9 Å². The fourth-order valence-electron chi connectivity index (χ4n) is 1.02. The van der Waals surface area contributed by atoms with Gasteiger partial charge in [-0.2, -0.15) is 0 Å². The average Bonchev–Trinajstić information content (AvgIpc) is 2.54. The Balaban J connectivity index is 0.000000411. The summed E-state index contributed by atoms with van der Waals surface area (Å²) in [5.41, 5.74) is 0. The minimum atomic E-state index is -4.41. The highest BCUT2D eigenvalue weighted by Crippen LogP contribution is 2.01. The van der Waals surface area contributed by atoms with Crippen molar-refractivity contribution in [3.8, 4) is 0 Å². The zero-order chi connectivity index (χ0) is 14.3. The molecule has 1 heterocycles. The molecule has 3 amide bonds. The molecule has 1 saturated heterocycles. The Morgan fingerprint density at radius 2 is 1.89 bits per heavy atom. The third-order valence-corrected chi connectivity index (χ3v) is 3.34. The van der Waals surface area contributed by atoms with Gasteiger partial charge >= 0.3 is 6.03 Å². The predicted octanol–water partition coefficient (Wildman–Crippen LogP) is -1.44. The van der Waals surface area contributed by atoms with Gasteiger partial charge in [-0.3, -0.25) is 14.3 Å². The molecule has 2 N–H and O–H groups in total. The van der Waals surface area contributed by atoms with Crippen molar-refractivity contribution in [2.24, 2.45) is 0 Å². The van der Waals surface area contributed by atoms with E-state index in [1.807, 2.05) is 0 Å². The second-order valence-corrected chi connectivity index (χ2v) is 7.10. The summed E-state index contributed by atoms with van der Waals surface area (Å²) in [4.78, 5) is 21.7. The lowest BCUT2D eigenvalue weighted by Crippen LogP contribution is -2.30. The minimum Gasteiger partial charge on any atom is -0.726 e. The number of rotatable bonds is 4. The van der Waals surface area contributed by atoms with Crippen molar-refractivity contribution in [3.05, 3.63) is 0 Å². The van der Waals surface area contributed by atoms with Gasteiger partial charge < -0.3 is 9.87 Å². The van der Waals surface area contributed by atoms with Crippen molar-refractivity contribution in [1.82, 2.24) is 10.6 Å². The Morgan fingerprint density at radius 1 is 1.39 bits per heavy atom. The van der Waals surface area contributed by atoms with E-state index in [9.17, 15) is 22.6 Å². The second-order valence-electron chi connectivity index (χ2n) is 3.57. The largest absolute Gasteiger partial charge is 0.726 e. The number of hydrogen-bond donors (Lipinski definition) is 2. The van der Waals surface area contributed by atoms with Crippen LogP contribution in [0.3, 0.4) is 0 Å². The van der Waals surface area contributed by atoms with Gasteiger partial charge in [0.2, 0.25) is 10.4 Å². The minimum absolute atomic E-state index is 0.189. The normalized spacial score (nSPS) is 19.1. The van der Waals surface area contributed by atoms with Gasteiger partial charge in [-0.25, -0.2) is 13.2 Å². The third-order valence-electron chi connectivity index (χ3n) is 1.88. The van der Waals surface area contributed by atoms with Crippen LogP contribution in [0.5, 0.6) is 0 Å². The number of carbonyl (C=O) groups is 2. The molecule has 0 aromatic rings. The lowest BCUT2D eigenvalue weighted by atomic mass is 10.2. The molecule has 0 aromatic carbocycles. The smallest absolute Gasteiger partial charge is 0.322 e. The first-order chi connectivity index (χ1) is 8.15. The maximum absolute atomic E-state index is 11.0. The highest BCUT2D eigenvalue weighted by atomic mass is 32.3. The first kappa shape index (κ1) is 17.2. The van der Waals surface area contributed by atoms with Crippen LogP contribution in [0, 0.1) is 0 Å². The first-order valence-electron chi connectivity index (χ1n) is 4.82. The van der Waals surface area contributed by atoms with Crippen LogP contribution in [-0.2, 0) is 30.3 Å². The summed E-state index contributed by atoms with van der Waals surface area (Å²) < 4.78 is 31.0. The van der Waals surface area contributed by atoms with Gasteiger partial charge in [0.25, 0.3) is 5.91 Å². The van der Waals surface area contributed by atoms with Crippen LogP contribution in [0.2, 0.25) is 0 Å². The maximum Gasteiger partial charge on any atom is 0.322 e. The van der Waals surface area contributed by atoms with Crippen LogP contribution >= 0.6 is 0 Å². The van der Waals surface area contributed by atoms with Crippen molar-refractivity contribution in [2.45, 2.75) is 12.5 Å². The molecule has 8 nitrogen and oxygen atoms in total. The van der Waals surface area contributed by atoms with Gasteiger partial charge in [0, 0.05) is 6.42 Å². The molecule has 1 aliphatic rings. The topological polar surface area (TPSA) is 125 Å². The third kappa shape index (κ3) is 8.28. The van der Waals surface area contributed by atoms with Gasteiger partial charge in [0.05, 0.1) is 19.6 Å². The number of urea groups is 1. The van der Waals surface area contributed by atoms with E-state index in [2.05, 4.69) is 27.3 Å². The quantitative estimate of drug-likeness (QED) is 0.283. The van der Waals surface area contributed by atoms with Crippen molar-refractivity contribution < 1.29 is 26.7 Å². The summed E-state index contributed by atoms with van der Waals surface area (Å²) in [7, 11) is -3.27. The number of imide groups is 1. The molecule has 1 atom stereocenters. The molecular weight excluding hydrogens is 284 g/mol. The summed E-state index contributed by atoms with van der Waals surface area (Å²) >= 11 is 0. The molecule has 1 unspecified atom stereocenters. The SMILES string of the molecule is COS(=O)(=O)[O-].C[S+](C)CCC1NC(=O)NC1=O. The molecule has 10 heteroatoms. The van der Waals surface area contributed by atoms with Gasteiger partial charge in [-0.15, -0.1) is 0 Å². The Morgan fingerprint density at radius 3 is 2.17 bits per heavy atom. The first-order valence-corrected chi connectivity index (χ1v) is 8.37. The van der Waals surface area contributed by atoms with Crippen LogP contribution in [-0.4, -0.2) is 56.3 Å². The summed E-state index contributed by atoms with van der Waals surface area (Å²) in [6.07, 6.45) is 4.98. The summed E-state index contributed by atoms with van der Waals surface area (Å²) in [5, 5.41) is 4.77. The van der Waals surface area contributed by atoms with Crippen molar-refractivity contribution >= 4 is 33.2 Å². The number of carbonyl (C=O) groups excluding carboxylic acids is 2. The molecule has 0 bridgehead atoms. The van der Waals surface area contributed by atoms with Crippen LogP contribution < -0.4 is 10.6 Å². The Hall–Kier alpha value is -0.840. The zero-order valence-electron chi connectivity index (χ0n) is 10.3. The van der Waals surface area contributed by atoms with Crippen molar-refractivity contribution in [3.63, 3.8) is 0 Å². The van der Waals surface area contributed by atoms with E-state index in [1.54, 1.807) is 0 Å². The molecule has 18 heavy (non-hydrogen) atoms. The average molecular weight is 300 g/mol. The van der Waals surface area contributed by atoms with E-state index < -0.39 is 10.4 Å². The summed E-state index contributed by atoms with van der Waals surface area (Å²) in [5.74, 6) is 0.795. The molecule has 1 rings (SSSR count). The lowest BCUT2D eigenvalue weighted by Gasteiger charge is -2.03. The van der Waals surface area contributed by atoms with E-state index >= 15 is 0 Å². The van der Waals surface area contributed by atoms with Gasteiger partial charge in [-0.1, -0.05) is 0 Å². The summed E-state index contributed by atoms with van der Waals surface area (Å²) in [6.45, 7) is 0. The predicted molar refractivity (Wildman–Crippen MR) is 65.9 cm³/mol. The standard InChI is InChI=1S/C7H12N2O2S.CH4O4S/c1-12(2)4-3-5-6(10)9-7(11)8-5;1-5-6(2,3)4/h5H,3-4H2,1-2H3,(H-,8,9,10,11);1H3,(H,2,3,4). The van der Waals surface area contributed by atoms with E-state index in [4.69, 9.17) is 0 Å². The van der Waals surface area contributed by atoms with Crippen molar-refractivity contribution in [2.75, 3.05) is 25.4 Å². The number of hydrogen-bond acceptors (Lipinski definition) is 6. The number of amides is 3. The van der Waals surface area contributed by atoms with E-state index in [-0.39, 0.29) is 18.0 Å². The van der Waals surface area contributed by atoms with Crippen LogP contribution in [0.25, 0.3) is 0 Å². The molecule has 0 radical (unpaired) electrons. The Bertz CT molecular complexity index is 394. The molecular formula is C8H16N2O6S2. The van der Waals surface area contributed by atoms with E-state index in [0.717, 1.165) is 19.3 Å². The molecule has 106 valence electrons. The molecule has 0 aliphatic carbocycles. The summed E-state index contributed by atoms with van der Waals surface area (Å²) in [6, 6.07) is -0.663. The highest BCUT2D eigenvalue weighted by molar-refractivity contribution is 7.95. The monoisotopic (exact) mass is 300 g/mol. The number of nitrogens with one attached hydrogen (secondary N) is 2.